The Balaban J connectivity index is 0.931. The topological polar surface area (TPSA) is 184 Å². The first kappa shape index (κ1) is 42.9. The van der Waals surface area contributed by atoms with Gasteiger partial charge in [-0.25, -0.2) is 19.6 Å². The molecule has 3 saturated heterocycles. The minimum absolute atomic E-state index is 0.0898. The van der Waals surface area contributed by atoms with Crippen LogP contribution in [0.15, 0.2) is 60.8 Å². The van der Waals surface area contributed by atoms with Crippen LogP contribution >= 0.6 is 0 Å². The number of carbonyl (C=O) groups excluding carboxylic acids is 4. The van der Waals surface area contributed by atoms with Gasteiger partial charge in [0.2, 0.25) is 11.8 Å². The maximum absolute atomic E-state index is 16.6. The molecule has 3 fully saturated rings. The molecular formula is C47H52F2N8O7. The first-order valence-electron chi connectivity index (χ1n) is 22.0. The Bertz CT molecular complexity index is 2600. The number of H-pyrrole nitrogens is 2. The van der Waals surface area contributed by atoms with E-state index in [1.165, 1.54) is 20.3 Å². The number of hydrogen-bond acceptors (Lipinski definition) is 9. The number of imidazole rings is 2. The number of amides is 4. The Hall–Kier alpha value is -6.36. The van der Waals surface area contributed by atoms with Gasteiger partial charge in [0.1, 0.15) is 23.7 Å². The fraction of sp³-hybridized carbons (Fsp3) is 0.447. The molecule has 9 rings (SSSR count). The summed E-state index contributed by atoms with van der Waals surface area (Å²) >= 11 is 0. The predicted molar refractivity (Wildman–Crippen MR) is 232 cm³/mol. The molecule has 0 radical (unpaired) electrons. The molecule has 2 aromatic heterocycles. The van der Waals surface area contributed by atoms with Gasteiger partial charge in [-0.05, 0) is 96.9 Å². The van der Waals surface area contributed by atoms with Gasteiger partial charge >= 0.3 is 12.2 Å². The van der Waals surface area contributed by atoms with Crippen LogP contribution in [0.25, 0.3) is 44.5 Å². The van der Waals surface area contributed by atoms with Crippen molar-refractivity contribution in [3.8, 4) is 33.5 Å². The van der Waals surface area contributed by atoms with E-state index < -0.39 is 30.2 Å². The number of nitrogens with one attached hydrogen (secondary N) is 4. The molecule has 4 amide bonds. The van der Waals surface area contributed by atoms with Crippen LogP contribution in [0, 0.1) is 11.8 Å². The molecule has 4 aliphatic rings. The Labute approximate surface area is 368 Å². The van der Waals surface area contributed by atoms with Crippen molar-refractivity contribution >= 4 is 35.0 Å². The average molecular weight is 879 g/mol. The maximum Gasteiger partial charge on any atom is 0.407 e. The molecule has 0 spiro atoms. The zero-order valence-corrected chi connectivity index (χ0v) is 36.2. The number of fused-ring (bicyclic) bond motifs is 4. The van der Waals surface area contributed by atoms with Crippen LogP contribution in [0.4, 0.5) is 18.4 Å². The predicted octanol–water partition coefficient (Wildman–Crippen LogP) is 7.60. The van der Waals surface area contributed by atoms with Gasteiger partial charge in [-0.15, -0.1) is 0 Å². The highest BCUT2D eigenvalue weighted by atomic mass is 19.3. The second kappa shape index (κ2) is 17.3. The zero-order valence-electron chi connectivity index (χ0n) is 36.2. The number of nitrogens with zero attached hydrogens (tertiary/aromatic N) is 4. The highest BCUT2D eigenvalue weighted by molar-refractivity contribution is 5.89. The number of aromatic amines is 2. The van der Waals surface area contributed by atoms with Gasteiger partial charge < -0.3 is 44.6 Å². The molecular weight excluding hydrogens is 827 g/mol. The van der Waals surface area contributed by atoms with Crippen LogP contribution in [0.5, 0.6) is 0 Å². The molecule has 336 valence electrons. The van der Waals surface area contributed by atoms with E-state index in [-0.39, 0.29) is 46.9 Å². The molecule has 5 aromatic rings. The smallest absolute Gasteiger partial charge is 0.407 e. The van der Waals surface area contributed by atoms with Gasteiger partial charge in [0.05, 0.1) is 49.2 Å². The summed E-state index contributed by atoms with van der Waals surface area (Å²) in [6, 6.07) is 13.5. The third kappa shape index (κ3) is 7.83. The molecule has 0 saturated carbocycles. The van der Waals surface area contributed by atoms with Crippen LogP contribution in [-0.4, -0.2) is 106 Å². The number of aromatic nitrogens is 4. The number of methoxy groups -OCH3 is 2. The number of carbonyl (C=O) groups is 4. The summed E-state index contributed by atoms with van der Waals surface area (Å²) in [5.74, 6) is -2.81. The Morgan fingerprint density at radius 2 is 1.36 bits per heavy atom. The summed E-state index contributed by atoms with van der Waals surface area (Å²) in [5, 5.41) is 5.44. The maximum atomic E-state index is 16.6. The normalized spacial score (nSPS) is 20.2. The van der Waals surface area contributed by atoms with E-state index in [9.17, 15) is 19.2 Å². The minimum Gasteiger partial charge on any atom is -0.453 e. The highest BCUT2D eigenvalue weighted by Gasteiger charge is 2.45. The first-order valence-corrected chi connectivity index (χ1v) is 22.0. The van der Waals surface area contributed by atoms with Gasteiger partial charge in [0, 0.05) is 43.0 Å². The van der Waals surface area contributed by atoms with Crippen LogP contribution in [0.2, 0.25) is 0 Å². The SMILES string of the molecule is COC(=O)NC(C(=O)N1CCCC1c1nc2ccc(-c3ccc4c(c3)C(F)(F)c3cc(-c5cnc(C6CCCN6C(=O)C(NC(=O)OC)C6CCOCC6)[nH]5)ccc3-4)cc2[nH]1)C(C)C. The summed E-state index contributed by atoms with van der Waals surface area (Å²) in [5.41, 5.74) is 4.53. The molecule has 0 bridgehead atoms. The number of rotatable bonds is 10. The van der Waals surface area contributed by atoms with Crippen molar-refractivity contribution in [2.45, 2.75) is 82.5 Å². The number of alkyl halides is 2. The molecule has 15 nitrogen and oxygen atoms in total. The molecule has 1 aliphatic carbocycles. The molecule has 3 aromatic carbocycles. The van der Waals surface area contributed by atoms with Crippen LogP contribution < -0.4 is 10.6 Å². The quantitative estimate of drug-likeness (QED) is 0.110. The van der Waals surface area contributed by atoms with Gasteiger partial charge in [-0.3, -0.25) is 9.59 Å². The molecule has 4 atom stereocenters. The van der Waals surface area contributed by atoms with Crippen molar-refractivity contribution in [1.82, 2.24) is 40.4 Å². The lowest BCUT2D eigenvalue weighted by atomic mass is 9.90. The van der Waals surface area contributed by atoms with Gasteiger partial charge in [-0.2, -0.15) is 8.78 Å². The summed E-state index contributed by atoms with van der Waals surface area (Å²) < 4.78 is 48.3. The number of benzene rings is 3. The summed E-state index contributed by atoms with van der Waals surface area (Å²) in [7, 11) is 2.53. The summed E-state index contributed by atoms with van der Waals surface area (Å²) in [6.07, 6.45) is 4.40. The third-order valence-corrected chi connectivity index (χ3v) is 13.3. The fourth-order valence-corrected chi connectivity index (χ4v) is 9.89. The molecule has 4 N–H and O–H groups in total. The largest absolute Gasteiger partial charge is 0.453 e. The number of ether oxygens (including phenoxy) is 3. The standard InChI is InChI=1S/C47H52F2N8O7/c1-25(2)39(54-45(60)62-3)43(58)57-18-6-8-38(57)42-51-34-14-11-28(23-35(34)52-42)27-9-12-30-31-13-10-29(22-33(31)47(48,49)32(30)21-27)36-24-50-41(53-36)37-7-5-17-56(37)44(59)40(55-46(61)63-4)26-15-19-64-20-16-26/h9-14,21-26,37-40H,5-8,15-20H2,1-4H3,(H,50,53)(H,51,52)(H,54,60)(H,55,61). The second-order valence-electron chi connectivity index (χ2n) is 17.4. The van der Waals surface area contributed by atoms with Crippen LogP contribution in [0.1, 0.15) is 87.2 Å². The van der Waals surface area contributed by atoms with Gasteiger partial charge in [-0.1, -0.05) is 44.2 Å². The number of alkyl carbamates (subject to hydrolysis) is 2. The van der Waals surface area contributed by atoms with Gasteiger partial charge in [0.15, 0.2) is 0 Å². The lowest BCUT2D eigenvalue weighted by Gasteiger charge is -2.34. The number of likely N-dealkylation sites (tertiary alicyclic amines) is 2. The van der Waals surface area contributed by atoms with E-state index in [0.717, 1.165) is 18.4 Å². The average Bonchev–Trinajstić information content (AvgIpc) is 4.17. The Morgan fingerprint density at radius 3 is 2.03 bits per heavy atom. The van der Waals surface area contributed by atoms with Crippen molar-refractivity contribution in [3.63, 3.8) is 0 Å². The number of halogens is 2. The van der Waals surface area contributed by atoms with Crippen LogP contribution in [-0.2, 0) is 29.7 Å². The first-order chi connectivity index (χ1) is 30.9. The van der Waals surface area contributed by atoms with E-state index in [1.54, 1.807) is 40.3 Å². The lowest BCUT2D eigenvalue weighted by molar-refractivity contribution is -0.137. The summed E-state index contributed by atoms with van der Waals surface area (Å²) in [4.78, 5) is 71.8. The van der Waals surface area contributed by atoms with E-state index >= 15 is 8.78 Å². The molecule has 5 heterocycles. The lowest BCUT2D eigenvalue weighted by Crippen LogP contribution is -2.53. The molecule has 4 unspecified atom stereocenters. The van der Waals surface area contributed by atoms with Crippen molar-refractivity contribution in [1.29, 1.82) is 0 Å². The van der Waals surface area contributed by atoms with E-state index in [1.807, 2.05) is 38.1 Å². The highest BCUT2D eigenvalue weighted by Crippen LogP contribution is 2.53. The molecule has 17 heteroatoms. The van der Waals surface area contributed by atoms with E-state index in [2.05, 4.69) is 25.6 Å². The van der Waals surface area contributed by atoms with Crippen molar-refractivity contribution in [2.24, 2.45) is 11.8 Å². The Morgan fingerprint density at radius 1 is 0.766 bits per heavy atom. The monoisotopic (exact) mass is 878 g/mol. The van der Waals surface area contributed by atoms with Crippen molar-refractivity contribution in [3.05, 3.63) is 83.6 Å². The van der Waals surface area contributed by atoms with Gasteiger partial charge in [0.25, 0.3) is 5.92 Å². The van der Waals surface area contributed by atoms with E-state index in [0.29, 0.717) is 103 Å². The fourth-order valence-electron chi connectivity index (χ4n) is 9.89. The van der Waals surface area contributed by atoms with E-state index in [4.69, 9.17) is 19.2 Å². The third-order valence-electron chi connectivity index (χ3n) is 13.3. The minimum atomic E-state index is -3.29. The zero-order chi connectivity index (χ0) is 44.9. The second-order valence-corrected chi connectivity index (χ2v) is 17.4. The van der Waals surface area contributed by atoms with Crippen molar-refractivity contribution < 1.29 is 42.2 Å². The van der Waals surface area contributed by atoms with Crippen molar-refractivity contribution in [2.75, 3.05) is 40.5 Å². The van der Waals surface area contributed by atoms with Crippen LogP contribution in [0.3, 0.4) is 0 Å². The molecule has 3 aliphatic heterocycles. The molecule has 64 heavy (non-hydrogen) atoms. The Kier molecular flexibility index (Phi) is 11.6. The summed E-state index contributed by atoms with van der Waals surface area (Å²) in [6.45, 7) is 5.75. The number of hydrogen-bond donors (Lipinski definition) is 4.